The number of hydrogen-bond donors (Lipinski definition) is 0. The average Bonchev–Trinajstić information content (AvgIpc) is 3.31. The molecule has 0 fully saturated rings. The van der Waals surface area contributed by atoms with Crippen molar-refractivity contribution in [3.8, 4) is 61.7 Å². The highest BCUT2D eigenvalue weighted by Crippen LogP contribution is 2.41. The number of aromatic nitrogens is 3. The molecule has 0 aliphatic heterocycles. The van der Waals surface area contributed by atoms with Crippen molar-refractivity contribution in [2.24, 2.45) is 0 Å². The Morgan fingerprint density at radius 2 is 0.793 bits per heavy atom. The highest BCUT2D eigenvalue weighted by Gasteiger charge is 2.19. The van der Waals surface area contributed by atoms with E-state index < -0.39 is 0 Å². The monoisotopic (exact) mass is 738 g/mol. The molecule has 0 bridgehead atoms. The minimum absolute atomic E-state index is 0.920. The zero-order chi connectivity index (χ0) is 38.4. The third-order valence-electron chi connectivity index (χ3n) is 11.3. The molecule has 0 spiro atoms. The Bertz CT molecular complexity index is 3260. The predicted molar refractivity (Wildman–Crippen MR) is 241 cm³/mol. The molecule has 0 saturated heterocycles. The van der Waals surface area contributed by atoms with Crippen LogP contribution < -0.4 is 4.57 Å². The lowest BCUT2D eigenvalue weighted by atomic mass is 9.90. The van der Waals surface area contributed by atoms with E-state index in [9.17, 15) is 0 Å². The molecule has 0 radical (unpaired) electrons. The molecule has 0 aliphatic rings. The molecular formula is C55H36N3+. The second kappa shape index (κ2) is 14.1. The Morgan fingerprint density at radius 3 is 1.43 bits per heavy atom. The lowest BCUT2D eigenvalue weighted by molar-refractivity contribution is -0.595. The van der Waals surface area contributed by atoms with E-state index in [1.54, 1.807) is 0 Å². The van der Waals surface area contributed by atoms with Gasteiger partial charge in [-0.25, -0.2) is 9.97 Å². The number of nitrogens with zero attached hydrogens (tertiary/aromatic N) is 3. The number of pyridine rings is 1. The van der Waals surface area contributed by atoms with Crippen LogP contribution in [0.3, 0.4) is 0 Å². The molecule has 3 heteroatoms. The van der Waals surface area contributed by atoms with Gasteiger partial charge in [0.15, 0.2) is 0 Å². The van der Waals surface area contributed by atoms with Crippen LogP contribution in [-0.2, 0) is 0 Å². The van der Waals surface area contributed by atoms with Crippen LogP contribution in [0.1, 0.15) is 0 Å². The van der Waals surface area contributed by atoms with E-state index in [4.69, 9.17) is 9.97 Å². The maximum Gasteiger partial charge on any atom is 0.210 e. The summed E-state index contributed by atoms with van der Waals surface area (Å²) in [5.74, 6) is 0. The van der Waals surface area contributed by atoms with Crippen LogP contribution in [0.5, 0.6) is 0 Å². The third-order valence-corrected chi connectivity index (χ3v) is 11.3. The van der Waals surface area contributed by atoms with E-state index in [1.807, 2.05) is 12.1 Å². The van der Waals surface area contributed by atoms with Gasteiger partial charge in [0.2, 0.25) is 18.1 Å². The molecule has 0 saturated carbocycles. The Balaban J connectivity index is 1.09. The fourth-order valence-corrected chi connectivity index (χ4v) is 8.33. The highest BCUT2D eigenvalue weighted by atomic mass is 15.0. The van der Waals surface area contributed by atoms with Gasteiger partial charge in [0.1, 0.15) is 11.4 Å². The van der Waals surface area contributed by atoms with Gasteiger partial charge in [-0.15, -0.1) is 0 Å². The molecule has 0 aliphatic carbocycles. The molecule has 2 heterocycles. The quantitative estimate of drug-likeness (QED) is 0.126. The summed E-state index contributed by atoms with van der Waals surface area (Å²) < 4.78 is 2.19. The van der Waals surface area contributed by atoms with Crippen LogP contribution in [0.4, 0.5) is 0 Å². The fraction of sp³-hybridized carbons (Fsp3) is 0. The third kappa shape index (κ3) is 6.07. The van der Waals surface area contributed by atoms with Crippen LogP contribution in [0.15, 0.2) is 219 Å². The maximum atomic E-state index is 5.47. The van der Waals surface area contributed by atoms with Crippen LogP contribution >= 0.6 is 0 Å². The molecule has 3 nitrogen and oxygen atoms in total. The highest BCUT2D eigenvalue weighted by molar-refractivity contribution is 6.16. The summed E-state index contributed by atoms with van der Waals surface area (Å²) in [7, 11) is 0. The Hall–Kier alpha value is -7.75. The number of rotatable bonds is 6. The molecule has 0 amide bonds. The summed E-state index contributed by atoms with van der Waals surface area (Å²) in [5, 5.41) is 8.30. The Kier molecular flexibility index (Phi) is 8.15. The van der Waals surface area contributed by atoms with Gasteiger partial charge in [-0.3, -0.25) is 0 Å². The van der Waals surface area contributed by atoms with E-state index in [0.29, 0.717) is 0 Å². The standard InChI is InChI=1S/C55H36N3/c1-3-15-40(16-4-1)53-35-58(36-54(56-53)41-17-5-2-6-18-41)46-29-27-39(28-30-46)49-33-51-50(44-25-23-37-13-7-9-19-42(37)31-44)34-52(57-55(51)48-22-12-11-21-47(48)49)45-26-24-38-14-8-10-20-43(38)32-45/h1-36H/q+1. The second-order valence-electron chi connectivity index (χ2n) is 14.9. The smallest absolute Gasteiger partial charge is 0.210 e. The van der Waals surface area contributed by atoms with Crippen LogP contribution in [-0.4, -0.2) is 9.97 Å². The molecule has 9 aromatic carbocycles. The minimum Gasteiger partial charge on any atom is -0.247 e. The van der Waals surface area contributed by atoms with E-state index in [1.165, 1.54) is 38.1 Å². The molecule has 11 aromatic rings. The number of hydrogen-bond acceptors (Lipinski definition) is 2. The van der Waals surface area contributed by atoms with Crippen LogP contribution in [0.25, 0.3) is 105 Å². The van der Waals surface area contributed by atoms with Gasteiger partial charge in [-0.1, -0.05) is 158 Å². The normalized spacial score (nSPS) is 11.4. The van der Waals surface area contributed by atoms with E-state index >= 15 is 0 Å². The summed E-state index contributed by atoms with van der Waals surface area (Å²) in [6, 6.07) is 73.6. The van der Waals surface area contributed by atoms with Crippen LogP contribution in [0.2, 0.25) is 0 Å². The van der Waals surface area contributed by atoms with Crippen molar-refractivity contribution in [2.45, 2.75) is 0 Å². The van der Waals surface area contributed by atoms with Gasteiger partial charge in [0, 0.05) is 39.6 Å². The van der Waals surface area contributed by atoms with Gasteiger partial charge < -0.3 is 0 Å². The van der Waals surface area contributed by atoms with Crippen molar-refractivity contribution in [3.05, 3.63) is 219 Å². The summed E-state index contributed by atoms with van der Waals surface area (Å²) >= 11 is 0. The molecule has 0 atom stereocenters. The lowest BCUT2D eigenvalue weighted by Crippen LogP contribution is -2.30. The largest absolute Gasteiger partial charge is 0.247 e. The second-order valence-corrected chi connectivity index (χ2v) is 14.9. The first-order chi connectivity index (χ1) is 28.7. The maximum absolute atomic E-state index is 5.47. The van der Waals surface area contributed by atoms with Gasteiger partial charge in [0.05, 0.1) is 11.2 Å². The molecule has 0 N–H and O–H groups in total. The zero-order valence-electron chi connectivity index (χ0n) is 31.6. The summed E-state index contributed by atoms with van der Waals surface area (Å²) in [5.41, 5.74) is 12.8. The van der Waals surface area contributed by atoms with Crippen LogP contribution in [0, 0.1) is 0 Å². The van der Waals surface area contributed by atoms with Crippen molar-refractivity contribution < 1.29 is 4.57 Å². The molecule has 11 rings (SSSR count). The number of fused-ring (bicyclic) bond motifs is 5. The predicted octanol–water partition coefficient (Wildman–Crippen LogP) is 13.7. The van der Waals surface area contributed by atoms with E-state index in [0.717, 1.165) is 66.9 Å². The van der Waals surface area contributed by atoms with Gasteiger partial charge >= 0.3 is 0 Å². The van der Waals surface area contributed by atoms with Gasteiger partial charge in [0.25, 0.3) is 0 Å². The van der Waals surface area contributed by atoms with Gasteiger partial charge in [-0.05, 0) is 85.6 Å². The first-order valence-corrected chi connectivity index (χ1v) is 19.7. The van der Waals surface area contributed by atoms with Crippen molar-refractivity contribution in [2.75, 3.05) is 0 Å². The first-order valence-electron chi connectivity index (χ1n) is 19.7. The van der Waals surface area contributed by atoms with Gasteiger partial charge in [-0.2, -0.15) is 4.57 Å². The average molecular weight is 739 g/mol. The molecule has 270 valence electrons. The summed E-state index contributed by atoms with van der Waals surface area (Å²) in [6.45, 7) is 0. The van der Waals surface area contributed by atoms with E-state index in [-0.39, 0.29) is 0 Å². The topological polar surface area (TPSA) is 29.7 Å². The Labute approximate surface area is 336 Å². The van der Waals surface area contributed by atoms with Crippen molar-refractivity contribution >= 4 is 43.2 Å². The van der Waals surface area contributed by atoms with Crippen molar-refractivity contribution in [1.82, 2.24) is 9.97 Å². The Morgan fingerprint density at radius 1 is 0.293 bits per heavy atom. The molecule has 58 heavy (non-hydrogen) atoms. The van der Waals surface area contributed by atoms with Crippen molar-refractivity contribution in [3.63, 3.8) is 0 Å². The van der Waals surface area contributed by atoms with Crippen molar-refractivity contribution in [1.29, 1.82) is 0 Å². The zero-order valence-corrected chi connectivity index (χ0v) is 31.6. The number of benzene rings is 9. The minimum atomic E-state index is 0.920. The molecule has 0 unspecified atom stereocenters. The lowest BCUT2D eigenvalue weighted by Gasteiger charge is -2.16. The fourth-order valence-electron chi connectivity index (χ4n) is 8.33. The summed E-state index contributed by atoms with van der Waals surface area (Å²) in [6.07, 6.45) is 4.24. The first kappa shape index (κ1) is 33.6. The van der Waals surface area contributed by atoms with E-state index in [2.05, 4.69) is 211 Å². The molecule has 2 aromatic heterocycles. The SMILES string of the molecule is c1ccc(-c2c[n+](-c3ccc(-c4cc5c(-c6ccc7ccccc7c6)cc(-c6ccc7ccccc7c6)nc5c5ccccc45)cc3)cc(-c3ccccc3)n2)cc1. The molecular weight excluding hydrogens is 703 g/mol. The summed E-state index contributed by atoms with van der Waals surface area (Å²) in [4.78, 5) is 10.6.